The average Bonchev–Trinajstić information content (AvgIpc) is 2.66. The number of nitrogens with one attached hydrogen (secondary N) is 1. The van der Waals surface area contributed by atoms with E-state index in [0.29, 0.717) is 0 Å². The first-order valence-corrected chi connectivity index (χ1v) is 10.0. The number of amides is 2. The molecular weight excluding hydrogens is 324 g/mol. The molecule has 5 heteroatoms. The van der Waals surface area contributed by atoms with E-state index >= 15 is 0 Å². The topological polar surface area (TPSA) is 38.8 Å². The molecule has 2 fully saturated rings. The van der Waals surface area contributed by atoms with Crippen molar-refractivity contribution in [1.29, 1.82) is 0 Å². The standard InChI is InChI=1S/C21H34N4O/c1-4-8-19(18-9-6-5-7-10-18)22-20(26)25-16-15-24(3)21(17-25)11-13-23(2)14-12-21/h5-7,9-10,19H,4,8,11-17H2,1-3H3,(H,22,26)/t19-/m1/s1. The zero-order valence-electron chi connectivity index (χ0n) is 16.6. The highest BCUT2D eigenvalue weighted by molar-refractivity contribution is 5.75. The number of hydrogen-bond acceptors (Lipinski definition) is 3. The van der Waals surface area contributed by atoms with Crippen LogP contribution in [0, 0.1) is 0 Å². The quantitative estimate of drug-likeness (QED) is 0.899. The van der Waals surface area contributed by atoms with Crippen LogP contribution in [0.4, 0.5) is 4.79 Å². The van der Waals surface area contributed by atoms with Crippen LogP contribution < -0.4 is 5.32 Å². The lowest BCUT2D eigenvalue weighted by Gasteiger charge is -2.52. The van der Waals surface area contributed by atoms with Gasteiger partial charge in [0, 0.05) is 25.2 Å². The third-order valence-electron chi connectivity index (χ3n) is 6.28. The predicted octanol–water partition coefficient (Wildman–Crippen LogP) is 2.95. The van der Waals surface area contributed by atoms with Crippen LogP contribution in [0.2, 0.25) is 0 Å². The largest absolute Gasteiger partial charge is 0.331 e. The van der Waals surface area contributed by atoms with Gasteiger partial charge in [-0.2, -0.15) is 0 Å². The summed E-state index contributed by atoms with van der Waals surface area (Å²) in [7, 11) is 4.42. The van der Waals surface area contributed by atoms with E-state index in [1.165, 1.54) is 5.56 Å². The van der Waals surface area contributed by atoms with Crippen LogP contribution in [0.5, 0.6) is 0 Å². The Bertz CT molecular complexity index is 583. The minimum atomic E-state index is 0.0960. The Kier molecular flexibility index (Phi) is 6.20. The van der Waals surface area contributed by atoms with Crippen molar-refractivity contribution in [3.05, 3.63) is 35.9 Å². The van der Waals surface area contributed by atoms with Gasteiger partial charge >= 0.3 is 6.03 Å². The normalized spacial score (nSPS) is 22.3. The maximum atomic E-state index is 13.0. The highest BCUT2D eigenvalue weighted by atomic mass is 16.2. The first-order chi connectivity index (χ1) is 12.5. The summed E-state index contributed by atoms with van der Waals surface area (Å²) in [5, 5.41) is 3.31. The molecule has 2 heterocycles. The molecular formula is C21H34N4O. The fraction of sp³-hybridized carbons (Fsp3) is 0.667. The minimum absolute atomic E-state index is 0.0960. The van der Waals surface area contributed by atoms with E-state index in [9.17, 15) is 4.79 Å². The van der Waals surface area contributed by atoms with E-state index in [0.717, 1.165) is 58.4 Å². The minimum Gasteiger partial charge on any atom is -0.331 e. The Hall–Kier alpha value is -1.59. The van der Waals surface area contributed by atoms with Gasteiger partial charge in [-0.1, -0.05) is 43.7 Å². The van der Waals surface area contributed by atoms with Gasteiger partial charge in [-0.3, -0.25) is 4.90 Å². The number of nitrogens with zero attached hydrogens (tertiary/aromatic N) is 3. The van der Waals surface area contributed by atoms with E-state index in [1.807, 2.05) is 18.2 Å². The molecule has 1 aromatic rings. The molecule has 2 amide bonds. The van der Waals surface area contributed by atoms with Crippen LogP contribution in [0.15, 0.2) is 30.3 Å². The molecule has 1 atom stereocenters. The van der Waals surface area contributed by atoms with Gasteiger partial charge in [-0.15, -0.1) is 0 Å². The summed E-state index contributed by atoms with van der Waals surface area (Å²) in [6, 6.07) is 10.5. The van der Waals surface area contributed by atoms with Gasteiger partial charge in [0.05, 0.1) is 6.04 Å². The molecule has 5 nitrogen and oxygen atoms in total. The molecule has 0 unspecified atom stereocenters. The number of rotatable bonds is 4. The molecule has 0 aromatic heterocycles. The lowest BCUT2D eigenvalue weighted by Crippen LogP contribution is -2.66. The van der Waals surface area contributed by atoms with Crippen molar-refractivity contribution in [3.63, 3.8) is 0 Å². The van der Waals surface area contributed by atoms with Crippen molar-refractivity contribution in [2.75, 3.05) is 46.8 Å². The van der Waals surface area contributed by atoms with Crippen LogP contribution in [0.25, 0.3) is 0 Å². The molecule has 26 heavy (non-hydrogen) atoms. The van der Waals surface area contributed by atoms with Crippen LogP contribution in [0.3, 0.4) is 0 Å². The lowest BCUT2D eigenvalue weighted by molar-refractivity contribution is -0.01000. The number of urea groups is 1. The van der Waals surface area contributed by atoms with E-state index in [-0.39, 0.29) is 17.6 Å². The van der Waals surface area contributed by atoms with Gasteiger partial charge < -0.3 is 15.1 Å². The molecule has 2 saturated heterocycles. The summed E-state index contributed by atoms with van der Waals surface area (Å²) in [6.07, 6.45) is 4.31. The van der Waals surface area contributed by atoms with Crippen LogP contribution in [-0.2, 0) is 0 Å². The average molecular weight is 359 g/mol. The molecule has 0 radical (unpaired) electrons. The van der Waals surface area contributed by atoms with Crippen molar-refractivity contribution in [2.24, 2.45) is 0 Å². The van der Waals surface area contributed by atoms with Gasteiger partial charge in [0.15, 0.2) is 0 Å². The smallest absolute Gasteiger partial charge is 0.317 e. The Morgan fingerprint density at radius 3 is 2.46 bits per heavy atom. The van der Waals surface area contributed by atoms with Gasteiger partial charge in [0.2, 0.25) is 0 Å². The number of benzene rings is 1. The molecule has 2 aliphatic heterocycles. The number of hydrogen-bond donors (Lipinski definition) is 1. The Balaban J connectivity index is 1.67. The van der Waals surface area contributed by atoms with Gasteiger partial charge in [-0.25, -0.2) is 4.79 Å². The maximum absolute atomic E-state index is 13.0. The second kappa shape index (κ2) is 8.40. The zero-order chi connectivity index (χ0) is 18.6. The van der Waals surface area contributed by atoms with Crippen molar-refractivity contribution >= 4 is 6.03 Å². The monoisotopic (exact) mass is 358 g/mol. The lowest BCUT2D eigenvalue weighted by atomic mass is 9.84. The number of carbonyl (C=O) groups is 1. The van der Waals surface area contributed by atoms with Crippen LogP contribution >= 0.6 is 0 Å². The van der Waals surface area contributed by atoms with Gasteiger partial charge in [-0.05, 0) is 52.0 Å². The summed E-state index contributed by atoms with van der Waals surface area (Å²) in [4.78, 5) is 20.0. The van der Waals surface area contributed by atoms with Crippen molar-refractivity contribution in [2.45, 2.75) is 44.2 Å². The fourth-order valence-corrected chi connectivity index (χ4v) is 4.35. The molecule has 1 N–H and O–H groups in total. The molecule has 0 aliphatic carbocycles. The summed E-state index contributed by atoms with van der Waals surface area (Å²) < 4.78 is 0. The molecule has 0 bridgehead atoms. The molecule has 1 spiro atoms. The van der Waals surface area contributed by atoms with Crippen LogP contribution in [0.1, 0.15) is 44.2 Å². The van der Waals surface area contributed by atoms with Crippen molar-refractivity contribution in [1.82, 2.24) is 20.0 Å². The Labute approximate surface area is 158 Å². The van der Waals surface area contributed by atoms with Gasteiger partial charge in [0.25, 0.3) is 0 Å². The Morgan fingerprint density at radius 1 is 1.12 bits per heavy atom. The number of likely N-dealkylation sites (N-methyl/N-ethyl adjacent to an activating group) is 1. The van der Waals surface area contributed by atoms with E-state index in [2.05, 4.69) is 53.2 Å². The summed E-state index contributed by atoms with van der Waals surface area (Å²) in [5.41, 5.74) is 1.35. The molecule has 0 saturated carbocycles. The second-order valence-electron chi connectivity index (χ2n) is 8.07. The number of carbonyl (C=O) groups excluding carboxylic acids is 1. The zero-order valence-corrected chi connectivity index (χ0v) is 16.6. The number of piperidine rings is 1. The van der Waals surface area contributed by atoms with Gasteiger partial charge in [0.1, 0.15) is 0 Å². The number of piperazine rings is 1. The predicted molar refractivity (Wildman–Crippen MR) is 106 cm³/mol. The third kappa shape index (κ3) is 4.21. The molecule has 3 rings (SSSR count). The first kappa shape index (κ1) is 19.2. The van der Waals surface area contributed by atoms with E-state index in [1.54, 1.807) is 0 Å². The van der Waals surface area contributed by atoms with Crippen molar-refractivity contribution in [3.8, 4) is 0 Å². The molecule has 1 aromatic carbocycles. The van der Waals surface area contributed by atoms with E-state index in [4.69, 9.17) is 0 Å². The maximum Gasteiger partial charge on any atom is 0.317 e. The molecule has 144 valence electrons. The second-order valence-corrected chi connectivity index (χ2v) is 8.07. The van der Waals surface area contributed by atoms with Crippen LogP contribution in [-0.4, -0.2) is 73.1 Å². The first-order valence-electron chi connectivity index (χ1n) is 10.0. The Morgan fingerprint density at radius 2 is 1.81 bits per heavy atom. The van der Waals surface area contributed by atoms with E-state index < -0.39 is 0 Å². The number of likely N-dealkylation sites (tertiary alicyclic amines) is 1. The summed E-state index contributed by atoms with van der Waals surface area (Å²) >= 11 is 0. The SMILES string of the molecule is CCC[C@@H](NC(=O)N1CCN(C)C2(CCN(C)CC2)C1)c1ccccc1. The molecule has 2 aliphatic rings. The van der Waals surface area contributed by atoms with Crippen molar-refractivity contribution < 1.29 is 4.79 Å². The fourth-order valence-electron chi connectivity index (χ4n) is 4.35. The highest BCUT2D eigenvalue weighted by Crippen LogP contribution is 2.31. The highest BCUT2D eigenvalue weighted by Gasteiger charge is 2.42. The third-order valence-corrected chi connectivity index (χ3v) is 6.28. The summed E-state index contributed by atoms with van der Waals surface area (Å²) in [5.74, 6) is 0. The summed E-state index contributed by atoms with van der Waals surface area (Å²) in [6.45, 7) is 7.02.